The molecule has 3 rings (SSSR count). The van der Waals surface area contributed by atoms with E-state index >= 15 is 0 Å². The summed E-state index contributed by atoms with van der Waals surface area (Å²) in [5.74, 6) is 1.96. The second-order valence-electron chi connectivity index (χ2n) is 6.37. The molecule has 3 aliphatic rings. The molecule has 2 aliphatic heterocycles. The summed E-state index contributed by atoms with van der Waals surface area (Å²) in [5, 5.41) is 3.55. The molecule has 0 radical (unpaired) electrons. The highest BCUT2D eigenvalue weighted by Crippen LogP contribution is 2.41. The third-order valence-electron chi connectivity index (χ3n) is 4.95. The number of hydrogen-bond donors (Lipinski definition) is 1. The first-order valence-electron chi connectivity index (χ1n) is 6.68. The van der Waals surface area contributed by atoms with E-state index in [2.05, 4.69) is 17.1 Å². The summed E-state index contributed by atoms with van der Waals surface area (Å²) < 4.78 is 0. The van der Waals surface area contributed by atoms with Gasteiger partial charge in [0.05, 0.1) is 0 Å². The third kappa shape index (κ3) is 1.94. The lowest BCUT2D eigenvalue weighted by Gasteiger charge is -2.45. The first-order valence-corrected chi connectivity index (χ1v) is 6.68. The van der Waals surface area contributed by atoms with Gasteiger partial charge in [-0.1, -0.05) is 13.3 Å². The normalized spacial score (nSPS) is 39.8. The lowest BCUT2D eigenvalue weighted by molar-refractivity contribution is 0.0510. The summed E-state index contributed by atoms with van der Waals surface area (Å²) in [4.78, 5) is 2.74. The zero-order valence-corrected chi connectivity index (χ0v) is 9.97. The Morgan fingerprint density at radius 3 is 2.80 bits per heavy atom. The molecule has 0 aromatic heterocycles. The highest BCUT2D eigenvalue weighted by Gasteiger charge is 2.38. The molecule has 0 aromatic carbocycles. The van der Waals surface area contributed by atoms with Crippen LogP contribution in [0.5, 0.6) is 0 Å². The van der Waals surface area contributed by atoms with E-state index in [4.69, 9.17) is 0 Å². The molecule has 2 heterocycles. The molecule has 1 saturated carbocycles. The van der Waals surface area contributed by atoms with Crippen molar-refractivity contribution in [3.8, 4) is 0 Å². The molecule has 15 heavy (non-hydrogen) atoms. The maximum Gasteiger partial charge on any atom is 0.00355 e. The molecule has 0 spiro atoms. The van der Waals surface area contributed by atoms with Gasteiger partial charge < -0.3 is 10.2 Å². The largest absolute Gasteiger partial charge is 0.316 e. The maximum absolute atomic E-state index is 3.55. The Balaban J connectivity index is 1.55. The Bertz CT molecular complexity index is 235. The molecular weight excluding hydrogens is 184 g/mol. The summed E-state index contributed by atoms with van der Waals surface area (Å²) >= 11 is 0. The zero-order valence-electron chi connectivity index (χ0n) is 9.97. The Morgan fingerprint density at radius 1 is 1.27 bits per heavy atom. The molecule has 2 unspecified atom stereocenters. The van der Waals surface area contributed by atoms with Gasteiger partial charge in [-0.2, -0.15) is 0 Å². The third-order valence-corrected chi connectivity index (χ3v) is 4.95. The van der Waals surface area contributed by atoms with Crippen LogP contribution in [0.3, 0.4) is 0 Å². The monoisotopic (exact) mass is 208 g/mol. The second-order valence-corrected chi connectivity index (χ2v) is 6.37. The number of piperidine rings is 1. The molecule has 3 fully saturated rings. The van der Waals surface area contributed by atoms with Crippen LogP contribution in [0.1, 0.15) is 32.6 Å². The molecule has 0 amide bonds. The molecule has 2 atom stereocenters. The van der Waals surface area contributed by atoms with Crippen molar-refractivity contribution in [2.75, 3.05) is 32.7 Å². The van der Waals surface area contributed by atoms with Crippen molar-refractivity contribution in [1.82, 2.24) is 10.2 Å². The van der Waals surface area contributed by atoms with Gasteiger partial charge in [-0.3, -0.25) is 0 Å². The van der Waals surface area contributed by atoms with Crippen molar-refractivity contribution in [3.63, 3.8) is 0 Å². The molecule has 0 bridgehead atoms. The first-order chi connectivity index (χ1) is 7.25. The summed E-state index contributed by atoms with van der Waals surface area (Å²) in [6, 6.07) is 0. The fraction of sp³-hybridized carbons (Fsp3) is 1.00. The second kappa shape index (κ2) is 3.74. The zero-order chi connectivity index (χ0) is 10.3. The Labute approximate surface area is 93.4 Å². The first kappa shape index (κ1) is 10.1. The Morgan fingerprint density at radius 2 is 2.07 bits per heavy atom. The van der Waals surface area contributed by atoms with E-state index in [9.17, 15) is 0 Å². The van der Waals surface area contributed by atoms with Gasteiger partial charge in [0.25, 0.3) is 0 Å². The van der Waals surface area contributed by atoms with Crippen LogP contribution in [0.4, 0.5) is 0 Å². The number of nitrogens with one attached hydrogen (secondary N) is 1. The SMILES string of the molecule is CC1(CN2CCC3CNCC3C2)CCC1. The van der Waals surface area contributed by atoms with Crippen LogP contribution in [-0.2, 0) is 0 Å². The number of nitrogens with zero attached hydrogens (tertiary/aromatic N) is 1. The Kier molecular flexibility index (Phi) is 2.52. The van der Waals surface area contributed by atoms with Gasteiger partial charge in [0, 0.05) is 13.1 Å². The van der Waals surface area contributed by atoms with Crippen molar-refractivity contribution in [2.45, 2.75) is 32.6 Å². The predicted molar refractivity (Wildman–Crippen MR) is 62.9 cm³/mol. The van der Waals surface area contributed by atoms with Gasteiger partial charge in [0.15, 0.2) is 0 Å². The van der Waals surface area contributed by atoms with Crippen LogP contribution in [0.15, 0.2) is 0 Å². The lowest BCUT2D eigenvalue weighted by atomic mass is 9.70. The van der Waals surface area contributed by atoms with E-state index in [1.807, 2.05) is 0 Å². The number of fused-ring (bicyclic) bond motifs is 1. The fourth-order valence-corrected chi connectivity index (χ4v) is 3.73. The van der Waals surface area contributed by atoms with Crippen molar-refractivity contribution >= 4 is 0 Å². The average molecular weight is 208 g/mol. The molecule has 2 nitrogen and oxygen atoms in total. The number of likely N-dealkylation sites (tertiary alicyclic amines) is 1. The van der Waals surface area contributed by atoms with Crippen LogP contribution < -0.4 is 5.32 Å². The van der Waals surface area contributed by atoms with Crippen LogP contribution in [0, 0.1) is 17.3 Å². The van der Waals surface area contributed by atoms with Gasteiger partial charge in [-0.05, 0) is 56.1 Å². The summed E-state index contributed by atoms with van der Waals surface area (Å²) in [6.45, 7) is 9.14. The highest BCUT2D eigenvalue weighted by atomic mass is 15.2. The van der Waals surface area contributed by atoms with Crippen LogP contribution in [0.25, 0.3) is 0 Å². The van der Waals surface area contributed by atoms with E-state index in [1.54, 1.807) is 0 Å². The van der Waals surface area contributed by atoms with Gasteiger partial charge in [0.2, 0.25) is 0 Å². The average Bonchev–Trinajstić information content (AvgIpc) is 2.62. The molecule has 0 aromatic rings. The van der Waals surface area contributed by atoms with Crippen molar-refractivity contribution < 1.29 is 0 Å². The van der Waals surface area contributed by atoms with E-state index in [1.165, 1.54) is 58.4 Å². The van der Waals surface area contributed by atoms with Gasteiger partial charge in [0.1, 0.15) is 0 Å². The van der Waals surface area contributed by atoms with Crippen LogP contribution in [-0.4, -0.2) is 37.6 Å². The van der Waals surface area contributed by atoms with Crippen molar-refractivity contribution in [2.24, 2.45) is 17.3 Å². The smallest absolute Gasteiger partial charge is 0.00355 e. The highest BCUT2D eigenvalue weighted by molar-refractivity contribution is 4.92. The topological polar surface area (TPSA) is 15.3 Å². The molecular formula is C13H24N2. The summed E-state index contributed by atoms with van der Waals surface area (Å²) in [7, 11) is 0. The standard InChI is InChI=1S/C13H24N2/c1-13(4-2-5-13)10-15-6-3-11-7-14-8-12(11)9-15/h11-12,14H,2-10H2,1H3. The van der Waals surface area contributed by atoms with E-state index < -0.39 is 0 Å². The summed E-state index contributed by atoms with van der Waals surface area (Å²) in [6.07, 6.45) is 5.84. The molecule has 1 aliphatic carbocycles. The quantitative estimate of drug-likeness (QED) is 0.743. The van der Waals surface area contributed by atoms with Crippen molar-refractivity contribution in [1.29, 1.82) is 0 Å². The van der Waals surface area contributed by atoms with Gasteiger partial charge in [-0.25, -0.2) is 0 Å². The van der Waals surface area contributed by atoms with Crippen LogP contribution in [0.2, 0.25) is 0 Å². The van der Waals surface area contributed by atoms with E-state index in [0.717, 1.165) is 11.8 Å². The number of rotatable bonds is 2. The molecule has 2 heteroatoms. The predicted octanol–water partition coefficient (Wildman–Crippen LogP) is 1.72. The molecule has 86 valence electrons. The van der Waals surface area contributed by atoms with E-state index in [-0.39, 0.29) is 0 Å². The fourth-order valence-electron chi connectivity index (χ4n) is 3.73. The van der Waals surface area contributed by atoms with E-state index in [0.29, 0.717) is 5.41 Å². The summed E-state index contributed by atoms with van der Waals surface area (Å²) in [5.41, 5.74) is 0.679. The van der Waals surface area contributed by atoms with Crippen LogP contribution >= 0.6 is 0 Å². The lowest BCUT2D eigenvalue weighted by Crippen LogP contribution is -2.46. The minimum atomic E-state index is 0.679. The Hall–Kier alpha value is -0.0800. The van der Waals surface area contributed by atoms with Crippen molar-refractivity contribution in [3.05, 3.63) is 0 Å². The van der Waals surface area contributed by atoms with Gasteiger partial charge >= 0.3 is 0 Å². The molecule has 1 N–H and O–H groups in total. The molecule has 2 saturated heterocycles. The van der Waals surface area contributed by atoms with Gasteiger partial charge in [-0.15, -0.1) is 0 Å². The maximum atomic E-state index is 3.55. The number of hydrogen-bond acceptors (Lipinski definition) is 2. The minimum absolute atomic E-state index is 0.679. The minimum Gasteiger partial charge on any atom is -0.316 e.